The Balaban J connectivity index is 0.000000561. The fourth-order valence-corrected chi connectivity index (χ4v) is 0.769. The number of aliphatic hydroxyl groups excluding tert-OH is 1. The van der Waals surface area contributed by atoms with Gasteiger partial charge < -0.3 is 5.11 Å². The molecule has 1 aromatic heterocycles. The van der Waals surface area contributed by atoms with Crippen molar-refractivity contribution in [1.29, 1.82) is 0 Å². The summed E-state index contributed by atoms with van der Waals surface area (Å²) in [6, 6.07) is 1.90. The minimum atomic E-state index is 0.0289. The molecular weight excluding hydrogens is 150 g/mol. The molecule has 1 N–H and O–H groups in total. The van der Waals surface area contributed by atoms with E-state index in [0.717, 1.165) is 11.3 Å². The zero-order valence-corrected chi connectivity index (χ0v) is 8.26. The Kier molecular flexibility index (Phi) is 5.30. The molecule has 0 aliphatic rings. The van der Waals surface area contributed by atoms with Crippen molar-refractivity contribution < 1.29 is 5.11 Å². The highest BCUT2D eigenvalue weighted by Gasteiger charge is 1.94. The molecule has 0 saturated heterocycles. The van der Waals surface area contributed by atoms with Gasteiger partial charge in [0, 0.05) is 6.20 Å². The van der Waals surface area contributed by atoms with E-state index >= 15 is 0 Å². The highest BCUT2D eigenvalue weighted by molar-refractivity contribution is 5.23. The maximum Gasteiger partial charge on any atom is 0.0853 e. The third-order valence-corrected chi connectivity index (χ3v) is 1.59. The van der Waals surface area contributed by atoms with Gasteiger partial charge in [0.25, 0.3) is 0 Å². The summed E-state index contributed by atoms with van der Waals surface area (Å²) >= 11 is 0. The molecular formula is C10H17NO. The van der Waals surface area contributed by atoms with Crippen molar-refractivity contribution >= 4 is 0 Å². The van der Waals surface area contributed by atoms with E-state index in [0.29, 0.717) is 0 Å². The van der Waals surface area contributed by atoms with E-state index in [2.05, 4.69) is 4.98 Å². The van der Waals surface area contributed by atoms with E-state index in [-0.39, 0.29) is 6.61 Å². The van der Waals surface area contributed by atoms with Gasteiger partial charge in [-0.05, 0) is 31.0 Å². The van der Waals surface area contributed by atoms with Gasteiger partial charge in [0.2, 0.25) is 0 Å². The monoisotopic (exact) mass is 167 g/mol. The van der Waals surface area contributed by atoms with Crippen LogP contribution in [0.25, 0.3) is 0 Å². The van der Waals surface area contributed by atoms with Gasteiger partial charge in [-0.15, -0.1) is 0 Å². The SMILES string of the molecule is CC.Cc1cnc(CO)cc1C. The molecule has 0 atom stereocenters. The van der Waals surface area contributed by atoms with Crippen LogP contribution >= 0.6 is 0 Å². The zero-order valence-electron chi connectivity index (χ0n) is 8.26. The lowest BCUT2D eigenvalue weighted by Gasteiger charge is -1.99. The summed E-state index contributed by atoms with van der Waals surface area (Å²) in [5, 5.41) is 8.69. The van der Waals surface area contributed by atoms with Crippen LogP contribution in [0.3, 0.4) is 0 Å². The number of rotatable bonds is 1. The molecule has 0 unspecified atom stereocenters. The van der Waals surface area contributed by atoms with Crippen LogP contribution in [0, 0.1) is 13.8 Å². The van der Waals surface area contributed by atoms with E-state index < -0.39 is 0 Å². The third kappa shape index (κ3) is 3.01. The van der Waals surface area contributed by atoms with E-state index in [9.17, 15) is 0 Å². The first-order valence-corrected chi connectivity index (χ1v) is 4.27. The van der Waals surface area contributed by atoms with Crippen molar-refractivity contribution in [3.05, 3.63) is 29.1 Å². The van der Waals surface area contributed by atoms with Crippen LogP contribution in [0.1, 0.15) is 30.7 Å². The molecule has 0 fully saturated rings. The summed E-state index contributed by atoms with van der Waals surface area (Å²) in [6.07, 6.45) is 1.78. The van der Waals surface area contributed by atoms with Gasteiger partial charge in [-0.1, -0.05) is 13.8 Å². The van der Waals surface area contributed by atoms with Gasteiger partial charge >= 0.3 is 0 Å². The topological polar surface area (TPSA) is 33.1 Å². The van der Waals surface area contributed by atoms with Crippen LogP contribution in [-0.4, -0.2) is 10.1 Å². The Labute approximate surface area is 74.3 Å². The first-order valence-electron chi connectivity index (χ1n) is 4.27. The second kappa shape index (κ2) is 5.72. The Bertz CT molecular complexity index is 233. The average Bonchev–Trinajstić information content (AvgIpc) is 2.13. The molecule has 0 aliphatic heterocycles. The van der Waals surface area contributed by atoms with Crippen LogP contribution in [-0.2, 0) is 6.61 Å². The standard InChI is InChI=1S/C8H11NO.C2H6/c1-6-3-8(5-10)9-4-7(6)2;1-2/h3-4,10H,5H2,1-2H3;1-2H3. The highest BCUT2D eigenvalue weighted by Crippen LogP contribution is 2.05. The lowest BCUT2D eigenvalue weighted by molar-refractivity contribution is 0.276. The molecule has 0 amide bonds. The van der Waals surface area contributed by atoms with Crippen molar-refractivity contribution in [1.82, 2.24) is 4.98 Å². The minimum Gasteiger partial charge on any atom is -0.390 e. The average molecular weight is 167 g/mol. The van der Waals surface area contributed by atoms with E-state index in [1.54, 1.807) is 6.20 Å². The molecule has 0 aliphatic carbocycles. The number of aliphatic hydroxyl groups is 1. The number of aryl methyl sites for hydroxylation is 2. The van der Waals surface area contributed by atoms with E-state index in [1.165, 1.54) is 5.56 Å². The van der Waals surface area contributed by atoms with Crippen LogP contribution in [0.4, 0.5) is 0 Å². The number of aromatic nitrogens is 1. The molecule has 0 saturated carbocycles. The summed E-state index contributed by atoms with van der Waals surface area (Å²) < 4.78 is 0. The number of hydrogen-bond acceptors (Lipinski definition) is 2. The summed E-state index contributed by atoms with van der Waals surface area (Å²) in [4.78, 5) is 4.01. The van der Waals surface area contributed by atoms with Gasteiger partial charge in [0.1, 0.15) is 0 Å². The maximum atomic E-state index is 8.69. The lowest BCUT2D eigenvalue weighted by Crippen LogP contribution is -1.91. The molecule has 0 spiro atoms. The highest BCUT2D eigenvalue weighted by atomic mass is 16.3. The number of pyridine rings is 1. The number of nitrogens with zero attached hydrogens (tertiary/aromatic N) is 1. The molecule has 1 heterocycles. The van der Waals surface area contributed by atoms with Gasteiger partial charge in [0.05, 0.1) is 12.3 Å². The van der Waals surface area contributed by atoms with Crippen molar-refractivity contribution in [3.8, 4) is 0 Å². The second-order valence-corrected chi connectivity index (χ2v) is 2.42. The van der Waals surface area contributed by atoms with Crippen molar-refractivity contribution in [3.63, 3.8) is 0 Å². The van der Waals surface area contributed by atoms with Crippen LogP contribution in [0.5, 0.6) is 0 Å². The first kappa shape index (κ1) is 11.1. The second-order valence-electron chi connectivity index (χ2n) is 2.42. The predicted molar refractivity (Wildman–Crippen MR) is 51.0 cm³/mol. The van der Waals surface area contributed by atoms with Crippen molar-refractivity contribution in [2.45, 2.75) is 34.3 Å². The van der Waals surface area contributed by atoms with Crippen LogP contribution in [0.2, 0.25) is 0 Å². The largest absolute Gasteiger partial charge is 0.390 e. The van der Waals surface area contributed by atoms with E-state index in [1.807, 2.05) is 33.8 Å². The Hall–Kier alpha value is -0.890. The van der Waals surface area contributed by atoms with E-state index in [4.69, 9.17) is 5.11 Å². The van der Waals surface area contributed by atoms with Gasteiger partial charge in [-0.2, -0.15) is 0 Å². The smallest absolute Gasteiger partial charge is 0.0853 e. The fourth-order valence-electron chi connectivity index (χ4n) is 0.769. The summed E-state index contributed by atoms with van der Waals surface area (Å²) in [7, 11) is 0. The Morgan fingerprint density at radius 1 is 1.25 bits per heavy atom. The molecule has 2 nitrogen and oxygen atoms in total. The molecule has 0 radical (unpaired) electrons. The fraction of sp³-hybridized carbons (Fsp3) is 0.500. The lowest BCUT2D eigenvalue weighted by atomic mass is 10.1. The predicted octanol–water partition coefficient (Wildman–Crippen LogP) is 2.22. The van der Waals surface area contributed by atoms with Gasteiger partial charge in [0.15, 0.2) is 0 Å². The quantitative estimate of drug-likeness (QED) is 0.695. The molecule has 1 aromatic rings. The maximum absolute atomic E-state index is 8.69. The third-order valence-electron chi connectivity index (χ3n) is 1.59. The molecule has 1 rings (SSSR count). The Morgan fingerprint density at radius 2 is 1.83 bits per heavy atom. The zero-order chi connectivity index (χ0) is 9.56. The summed E-state index contributed by atoms with van der Waals surface area (Å²) in [5.74, 6) is 0. The normalized spacial score (nSPS) is 8.75. The van der Waals surface area contributed by atoms with Crippen LogP contribution < -0.4 is 0 Å². The molecule has 12 heavy (non-hydrogen) atoms. The van der Waals surface area contributed by atoms with Gasteiger partial charge in [-0.25, -0.2) is 0 Å². The molecule has 68 valence electrons. The number of hydrogen-bond donors (Lipinski definition) is 1. The molecule has 0 bridgehead atoms. The molecule has 0 aromatic carbocycles. The van der Waals surface area contributed by atoms with Crippen LogP contribution in [0.15, 0.2) is 12.3 Å². The summed E-state index contributed by atoms with van der Waals surface area (Å²) in [5.41, 5.74) is 3.08. The summed E-state index contributed by atoms with van der Waals surface area (Å²) in [6.45, 7) is 8.04. The minimum absolute atomic E-state index is 0.0289. The van der Waals surface area contributed by atoms with Crippen molar-refractivity contribution in [2.24, 2.45) is 0 Å². The first-order chi connectivity index (χ1) is 5.74. The molecule has 2 heteroatoms. The van der Waals surface area contributed by atoms with Crippen molar-refractivity contribution in [2.75, 3.05) is 0 Å². The van der Waals surface area contributed by atoms with Gasteiger partial charge in [-0.3, -0.25) is 4.98 Å². The Morgan fingerprint density at radius 3 is 2.25 bits per heavy atom.